The van der Waals surface area contributed by atoms with Crippen molar-refractivity contribution in [1.82, 2.24) is 4.90 Å². The maximum atomic E-state index is 12.0. The molecule has 176 valence electrons. The number of aromatic hydroxyl groups is 1. The van der Waals surface area contributed by atoms with Gasteiger partial charge in [0.1, 0.15) is 5.75 Å². The highest BCUT2D eigenvalue weighted by Gasteiger charge is 2.38. The Hall–Kier alpha value is -1.79. The number of phenols is 1. The number of aliphatic hydroxyl groups excluding tert-OH is 2. The number of phenolic OH excluding ortho intramolecular Hbond substituents is 1. The van der Waals surface area contributed by atoms with Crippen LogP contribution in [0.15, 0.2) is 12.1 Å². The van der Waals surface area contributed by atoms with Crippen LogP contribution >= 0.6 is 23.2 Å². The average Bonchev–Trinajstić information content (AvgIpc) is 2.68. The Kier molecular flexibility index (Phi) is 9.83. The predicted octanol–water partition coefficient (Wildman–Crippen LogP) is 2.31. The van der Waals surface area contributed by atoms with Crippen LogP contribution in [0.4, 0.5) is 13.2 Å². The highest BCUT2D eigenvalue weighted by molar-refractivity contribution is 6.42. The van der Waals surface area contributed by atoms with Gasteiger partial charge in [0.05, 0.1) is 16.7 Å². The second-order valence-corrected chi connectivity index (χ2v) is 7.83. The highest BCUT2D eigenvalue weighted by Crippen LogP contribution is 2.38. The molecule has 0 aromatic heterocycles. The van der Waals surface area contributed by atoms with Crippen LogP contribution in [-0.4, -0.2) is 68.7 Å². The molecule has 1 amide bonds. The van der Waals surface area contributed by atoms with Crippen molar-refractivity contribution in [1.29, 1.82) is 0 Å². The van der Waals surface area contributed by atoms with Gasteiger partial charge in [-0.15, -0.1) is 0 Å². The van der Waals surface area contributed by atoms with Crippen LogP contribution in [0, 0.1) is 5.92 Å². The molecule has 1 heterocycles. The Morgan fingerprint density at radius 2 is 1.81 bits per heavy atom. The van der Waals surface area contributed by atoms with Crippen molar-refractivity contribution < 1.29 is 43.2 Å². The zero-order valence-corrected chi connectivity index (χ0v) is 17.8. The number of aliphatic hydroxyl groups is 2. The summed E-state index contributed by atoms with van der Waals surface area (Å²) in [6.07, 6.45) is -5.24. The normalized spacial score (nSPS) is 21.0. The largest absolute Gasteiger partial charge is 0.508 e. The van der Waals surface area contributed by atoms with Gasteiger partial charge in [0.15, 0.2) is 6.10 Å². The maximum Gasteiger partial charge on any atom is 0.490 e. The van der Waals surface area contributed by atoms with E-state index in [1.54, 1.807) is 11.0 Å². The van der Waals surface area contributed by atoms with E-state index in [0.717, 1.165) is 0 Å². The van der Waals surface area contributed by atoms with Crippen LogP contribution in [-0.2, 0) is 9.59 Å². The van der Waals surface area contributed by atoms with Crippen LogP contribution in [0.25, 0.3) is 0 Å². The Bertz CT molecular complexity index is 796. The number of hydrogen-bond acceptors (Lipinski definition) is 6. The number of amides is 1. The Morgan fingerprint density at radius 3 is 2.26 bits per heavy atom. The van der Waals surface area contributed by atoms with E-state index < -0.39 is 36.8 Å². The zero-order valence-electron chi connectivity index (χ0n) is 16.3. The first-order valence-corrected chi connectivity index (χ1v) is 9.79. The van der Waals surface area contributed by atoms with Crippen molar-refractivity contribution in [2.75, 3.05) is 13.2 Å². The first kappa shape index (κ1) is 27.2. The summed E-state index contributed by atoms with van der Waals surface area (Å²) in [5, 5.41) is 36.2. The summed E-state index contributed by atoms with van der Waals surface area (Å²) in [6.45, 7) is 1.70. The summed E-state index contributed by atoms with van der Waals surface area (Å²) in [4.78, 5) is 22.5. The van der Waals surface area contributed by atoms with Crippen molar-refractivity contribution >= 4 is 35.1 Å². The number of nitrogens with two attached hydrogens (primary N) is 1. The van der Waals surface area contributed by atoms with Gasteiger partial charge in [-0.1, -0.05) is 23.2 Å². The molecule has 2 unspecified atom stereocenters. The number of piperidine rings is 1. The zero-order chi connectivity index (χ0) is 24.1. The van der Waals surface area contributed by atoms with Gasteiger partial charge in [-0.3, -0.25) is 4.79 Å². The molecule has 1 saturated heterocycles. The van der Waals surface area contributed by atoms with Crippen LogP contribution in [0.5, 0.6) is 5.75 Å². The number of halogens is 5. The minimum absolute atomic E-state index is 0.00115. The summed E-state index contributed by atoms with van der Waals surface area (Å²) >= 11 is 11.9. The van der Waals surface area contributed by atoms with Gasteiger partial charge in [-0.2, -0.15) is 13.2 Å². The highest BCUT2D eigenvalue weighted by atomic mass is 35.5. The number of carbonyl (C=O) groups is 2. The summed E-state index contributed by atoms with van der Waals surface area (Å²) in [7, 11) is 0. The molecule has 0 aliphatic carbocycles. The molecule has 13 heteroatoms. The van der Waals surface area contributed by atoms with Gasteiger partial charge in [0.2, 0.25) is 0 Å². The summed E-state index contributed by atoms with van der Waals surface area (Å²) in [6, 6.07) is 2.37. The lowest BCUT2D eigenvalue weighted by molar-refractivity contribution is -0.192. The number of likely N-dealkylation sites (tertiary alicyclic amines) is 1. The number of benzene rings is 1. The molecule has 0 spiro atoms. The molecule has 0 radical (unpaired) electrons. The number of carbonyl (C=O) groups excluding carboxylic acids is 1. The number of carboxylic acid groups (broad SMARTS) is 1. The van der Waals surface area contributed by atoms with Crippen molar-refractivity contribution in [2.45, 2.75) is 44.1 Å². The Balaban J connectivity index is 0.000000592. The number of nitrogens with zero attached hydrogens (tertiary/aromatic N) is 1. The van der Waals surface area contributed by atoms with Gasteiger partial charge < -0.3 is 31.1 Å². The van der Waals surface area contributed by atoms with Gasteiger partial charge in [0.25, 0.3) is 5.91 Å². The molecule has 2 rings (SSSR count). The monoisotopic (exact) mass is 490 g/mol. The molecule has 1 aromatic carbocycles. The van der Waals surface area contributed by atoms with Crippen molar-refractivity contribution in [2.24, 2.45) is 11.7 Å². The molecule has 1 aliphatic rings. The lowest BCUT2D eigenvalue weighted by atomic mass is 9.82. The number of aliphatic carboxylic acids is 1. The fraction of sp³-hybridized carbons (Fsp3) is 0.556. The molecule has 31 heavy (non-hydrogen) atoms. The lowest BCUT2D eigenvalue weighted by Gasteiger charge is -2.40. The number of carboxylic acids is 1. The molecule has 0 bridgehead atoms. The quantitative estimate of drug-likeness (QED) is 0.435. The second-order valence-electron chi connectivity index (χ2n) is 7.02. The molecular weight excluding hydrogens is 468 g/mol. The van der Waals surface area contributed by atoms with Crippen LogP contribution < -0.4 is 5.73 Å². The van der Waals surface area contributed by atoms with Crippen molar-refractivity contribution in [3.05, 3.63) is 27.7 Å². The minimum atomic E-state index is -5.08. The molecular formula is C18H23Cl2F3N2O6. The van der Waals surface area contributed by atoms with Gasteiger partial charge >= 0.3 is 12.1 Å². The molecule has 0 saturated carbocycles. The Labute approximate surface area is 186 Å². The molecule has 1 fully saturated rings. The lowest BCUT2D eigenvalue weighted by Crippen LogP contribution is -2.50. The van der Waals surface area contributed by atoms with Crippen LogP contribution in [0.1, 0.15) is 31.4 Å². The van der Waals surface area contributed by atoms with E-state index in [4.69, 9.17) is 43.9 Å². The maximum absolute atomic E-state index is 12.0. The first-order chi connectivity index (χ1) is 14.2. The molecule has 1 aliphatic heterocycles. The number of hydrogen-bond donors (Lipinski definition) is 5. The SMILES string of the molecule is C[C@@H]1C[C@@H](C(N)c2cc(Cl)c(Cl)cc2O)CCN1C(=O)C(O)CO.O=C(O)C(F)(F)F. The first-order valence-electron chi connectivity index (χ1n) is 9.03. The molecule has 6 N–H and O–H groups in total. The predicted molar refractivity (Wildman–Crippen MR) is 106 cm³/mol. The van der Waals surface area contributed by atoms with Gasteiger partial charge in [0, 0.05) is 30.3 Å². The molecule has 1 aromatic rings. The standard InChI is InChI=1S/C16H22Cl2N2O4.C2HF3O2/c1-8-4-9(2-3-20(8)16(24)14(23)7-21)15(19)10-5-11(17)12(18)6-13(10)22;3-2(4,5)1(6)7/h5-6,8-9,14-15,21-23H,2-4,7,19H2,1H3;(H,6,7)/t8-,9+,14?,15?;/m1./s1. The summed E-state index contributed by atoms with van der Waals surface area (Å²) in [5.41, 5.74) is 6.83. The molecule has 8 nitrogen and oxygen atoms in total. The fourth-order valence-corrected chi connectivity index (χ4v) is 3.53. The third kappa shape index (κ3) is 7.39. The third-order valence-electron chi connectivity index (χ3n) is 4.84. The second kappa shape index (κ2) is 11.2. The number of rotatable bonds is 4. The number of alkyl halides is 3. The van der Waals surface area contributed by atoms with Crippen molar-refractivity contribution in [3.8, 4) is 5.75 Å². The van der Waals surface area contributed by atoms with E-state index >= 15 is 0 Å². The minimum Gasteiger partial charge on any atom is -0.508 e. The van der Waals surface area contributed by atoms with E-state index in [2.05, 4.69) is 0 Å². The third-order valence-corrected chi connectivity index (χ3v) is 5.56. The van der Waals surface area contributed by atoms with Crippen LogP contribution in [0.3, 0.4) is 0 Å². The summed E-state index contributed by atoms with van der Waals surface area (Å²) in [5.74, 6) is -3.20. The van der Waals surface area contributed by atoms with E-state index in [-0.39, 0.29) is 22.7 Å². The van der Waals surface area contributed by atoms with Crippen molar-refractivity contribution in [3.63, 3.8) is 0 Å². The topological polar surface area (TPSA) is 144 Å². The average molecular weight is 491 g/mol. The summed E-state index contributed by atoms with van der Waals surface area (Å²) < 4.78 is 31.7. The fourth-order valence-electron chi connectivity index (χ4n) is 3.20. The molecule has 4 atom stereocenters. The van der Waals surface area contributed by atoms with E-state index in [9.17, 15) is 28.2 Å². The van der Waals surface area contributed by atoms with Gasteiger partial charge in [-0.25, -0.2) is 4.79 Å². The van der Waals surface area contributed by atoms with E-state index in [1.807, 2.05) is 6.92 Å². The van der Waals surface area contributed by atoms with Gasteiger partial charge in [-0.05, 0) is 31.7 Å². The van der Waals surface area contributed by atoms with E-state index in [0.29, 0.717) is 30.0 Å². The van der Waals surface area contributed by atoms with Crippen LogP contribution in [0.2, 0.25) is 10.0 Å². The smallest absolute Gasteiger partial charge is 0.490 e. The van der Waals surface area contributed by atoms with E-state index in [1.165, 1.54) is 6.07 Å². The Morgan fingerprint density at radius 1 is 1.29 bits per heavy atom.